The maximum Gasteiger partial charge on any atom is 0.431 e. The molecule has 24 heavy (non-hydrogen) atoms. The van der Waals surface area contributed by atoms with E-state index in [0.717, 1.165) is 7.11 Å². The lowest BCUT2D eigenvalue weighted by Gasteiger charge is -2.32. The minimum atomic E-state index is -4.99. The van der Waals surface area contributed by atoms with Gasteiger partial charge in [0.15, 0.2) is 0 Å². The molecule has 0 aliphatic heterocycles. The zero-order valence-electron chi connectivity index (χ0n) is 12.5. The SMILES string of the molecule is CO[C@@](C(=O)n1nnc2ccccc21)(c1ccccc1)C(F)(F)F. The van der Waals surface area contributed by atoms with Crippen LogP contribution in [0.5, 0.6) is 0 Å². The molecular weight excluding hydrogens is 323 g/mol. The van der Waals surface area contributed by atoms with Crippen molar-refractivity contribution >= 4 is 16.9 Å². The van der Waals surface area contributed by atoms with Gasteiger partial charge in [-0.1, -0.05) is 47.7 Å². The van der Waals surface area contributed by atoms with Crippen molar-refractivity contribution < 1.29 is 22.7 Å². The van der Waals surface area contributed by atoms with Crippen LogP contribution in [0.1, 0.15) is 10.4 Å². The number of rotatable bonds is 3. The summed E-state index contributed by atoms with van der Waals surface area (Å²) in [5.74, 6) is -1.38. The van der Waals surface area contributed by atoms with Gasteiger partial charge in [0.05, 0.1) is 5.52 Å². The number of carbonyl (C=O) groups excluding carboxylic acids is 1. The number of fused-ring (bicyclic) bond motifs is 1. The van der Waals surface area contributed by atoms with E-state index in [4.69, 9.17) is 4.74 Å². The molecule has 0 aliphatic carbocycles. The lowest BCUT2D eigenvalue weighted by molar-refractivity contribution is -0.254. The number of nitrogens with zero attached hydrogens (tertiary/aromatic N) is 3. The third-order valence-corrected chi connectivity index (χ3v) is 3.73. The number of benzene rings is 2. The molecule has 0 amide bonds. The monoisotopic (exact) mass is 335 g/mol. The maximum absolute atomic E-state index is 13.9. The van der Waals surface area contributed by atoms with Gasteiger partial charge in [-0.2, -0.15) is 17.9 Å². The number of ether oxygens (including phenoxy) is 1. The molecule has 5 nitrogen and oxygen atoms in total. The summed E-state index contributed by atoms with van der Waals surface area (Å²) in [4.78, 5) is 12.8. The van der Waals surface area contributed by atoms with E-state index in [1.807, 2.05) is 0 Å². The predicted molar refractivity (Wildman–Crippen MR) is 79.3 cm³/mol. The summed E-state index contributed by atoms with van der Waals surface area (Å²) in [5.41, 5.74) is -3.02. The minimum Gasteiger partial charge on any atom is -0.356 e. The van der Waals surface area contributed by atoms with Crippen molar-refractivity contribution in [2.45, 2.75) is 11.8 Å². The second-order valence-corrected chi connectivity index (χ2v) is 5.04. The Kier molecular flexibility index (Phi) is 3.84. The van der Waals surface area contributed by atoms with Gasteiger partial charge in [-0.25, -0.2) is 0 Å². The molecule has 0 saturated heterocycles. The summed E-state index contributed by atoms with van der Waals surface area (Å²) in [6.45, 7) is 0. The van der Waals surface area contributed by atoms with E-state index >= 15 is 0 Å². The Morgan fingerprint density at radius 3 is 2.29 bits per heavy atom. The lowest BCUT2D eigenvalue weighted by atomic mass is 9.91. The molecule has 0 unspecified atom stereocenters. The lowest BCUT2D eigenvalue weighted by Crippen LogP contribution is -2.53. The van der Waals surface area contributed by atoms with E-state index in [1.165, 1.54) is 30.3 Å². The van der Waals surface area contributed by atoms with E-state index in [0.29, 0.717) is 10.2 Å². The summed E-state index contributed by atoms with van der Waals surface area (Å²) < 4.78 is 47.1. The number of halogens is 3. The first-order valence-corrected chi connectivity index (χ1v) is 6.94. The Morgan fingerprint density at radius 2 is 1.67 bits per heavy atom. The molecule has 2 aromatic carbocycles. The minimum absolute atomic E-state index is 0.170. The van der Waals surface area contributed by atoms with Gasteiger partial charge in [-0.3, -0.25) is 4.79 Å². The molecule has 0 spiro atoms. The van der Waals surface area contributed by atoms with Gasteiger partial charge >= 0.3 is 6.18 Å². The van der Waals surface area contributed by atoms with Crippen LogP contribution < -0.4 is 0 Å². The van der Waals surface area contributed by atoms with Crippen molar-refractivity contribution in [3.8, 4) is 0 Å². The summed E-state index contributed by atoms with van der Waals surface area (Å²) in [5, 5.41) is 7.32. The fourth-order valence-electron chi connectivity index (χ4n) is 2.57. The van der Waals surface area contributed by atoms with Gasteiger partial charge in [0.2, 0.25) is 0 Å². The molecule has 0 aliphatic rings. The molecule has 0 N–H and O–H groups in total. The van der Waals surface area contributed by atoms with Gasteiger partial charge in [-0.05, 0) is 12.1 Å². The van der Waals surface area contributed by atoms with Crippen LogP contribution in [0.3, 0.4) is 0 Å². The van der Waals surface area contributed by atoms with Gasteiger partial charge in [-0.15, -0.1) is 5.10 Å². The summed E-state index contributed by atoms with van der Waals surface area (Å²) in [6.07, 6.45) is -4.99. The van der Waals surface area contributed by atoms with Crippen molar-refractivity contribution in [1.82, 2.24) is 15.0 Å². The number of hydrogen-bond acceptors (Lipinski definition) is 4. The molecule has 8 heteroatoms. The molecule has 0 bridgehead atoms. The number of aromatic nitrogens is 3. The van der Waals surface area contributed by atoms with Crippen molar-refractivity contribution in [3.05, 3.63) is 60.2 Å². The van der Waals surface area contributed by atoms with Crippen LogP contribution in [0.15, 0.2) is 54.6 Å². The van der Waals surface area contributed by atoms with Crippen molar-refractivity contribution in [2.75, 3.05) is 7.11 Å². The predicted octanol–water partition coefficient (Wildman–Crippen LogP) is 3.18. The zero-order valence-corrected chi connectivity index (χ0v) is 12.5. The Bertz CT molecular complexity index is 877. The number of carbonyl (C=O) groups is 1. The molecule has 0 saturated carbocycles. The maximum atomic E-state index is 13.9. The van der Waals surface area contributed by atoms with E-state index in [9.17, 15) is 18.0 Å². The highest BCUT2D eigenvalue weighted by atomic mass is 19.4. The standard InChI is InChI=1S/C16H12F3N3O2/c1-24-15(16(17,18)19,11-7-3-2-4-8-11)14(23)22-13-10-6-5-9-12(13)20-21-22/h2-10H,1H3/t15-/m1/s1. The topological polar surface area (TPSA) is 57.0 Å². The first-order valence-electron chi connectivity index (χ1n) is 6.94. The molecule has 1 aromatic heterocycles. The Labute approximate surface area is 134 Å². The van der Waals surface area contributed by atoms with E-state index in [1.54, 1.807) is 24.3 Å². The van der Waals surface area contributed by atoms with Crippen LogP contribution in [-0.2, 0) is 10.3 Å². The summed E-state index contributed by atoms with van der Waals surface area (Å²) in [6, 6.07) is 13.0. The highest BCUT2D eigenvalue weighted by Gasteiger charge is 2.63. The molecule has 0 fully saturated rings. The van der Waals surface area contributed by atoms with Gasteiger partial charge in [0.1, 0.15) is 5.52 Å². The van der Waals surface area contributed by atoms with Gasteiger partial charge in [0.25, 0.3) is 11.5 Å². The Hall–Kier alpha value is -2.74. The highest BCUT2D eigenvalue weighted by molar-refractivity contribution is 5.95. The van der Waals surface area contributed by atoms with Crippen LogP contribution in [0.4, 0.5) is 13.2 Å². The van der Waals surface area contributed by atoms with Crippen LogP contribution in [0, 0.1) is 0 Å². The van der Waals surface area contributed by atoms with Crippen molar-refractivity contribution in [2.24, 2.45) is 0 Å². The average Bonchev–Trinajstić information content (AvgIpc) is 2.99. The smallest absolute Gasteiger partial charge is 0.356 e. The van der Waals surface area contributed by atoms with E-state index < -0.39 is 17.7 Å². The van der Waals surface area contributed by atoms with Crippen LogP contribution in [0.25, 0.3) is 11.0 Å². The second kappa shape index (κ2) is 5.72. The Balaban J connectivity index is 2.25. The van der Waals surface area contributed by atoms with Crippen LogP contribution in [0.2, 0.25) is 0 Å². The summed E-state index contributed by atoms with van der Waals surface area (Å²) >= 11 is 0. The van der Waals surface area contributed by atoms with E-state index in [-0.39, 0.29) is 11.1 Å². The van der Waals surface area contributed by atoms with Crippen molar-refractivity contribution in [1.29, 1.82) is 0 Å². The van der Waals surface area contributed by atoms with Crippen LogP contribution >= 0.6 is 0 Å². The normalized spacial score (nSPS) is 14.5. The average molecular weight is 335 g/mol. The molecular formula is C16H12F3N3O2. The zero-order chi connectivity index (χ0) is 17.4. The number of hydrogen-bond donors (Lipinski definition) is 0. The largest absolute Gasteiger partial charge is 0.431 e. The fraction of sp³-hybridized carbons (Fsp3) is 0.188. The van der Waals surface area contributed by atoms with Gasteiger partial charge < -0.3 is 4.74 Å². The molecule has 124 valence electrons. The third kappa shape index (κ3) is 2.26. The second-order valence-electron chi connectivity index (χ2n) is 5.04. The molecule has 3 rings (SSSR count). The first-order chi connectivity index (χ1) is 11.4. The fourth-order valence-corrected chi connectivity index (χ4v) is 2.57. The third-order valence-electron chi connectivity index (χ3n) is 3.73. The number of methoxy groups -OCH3 is 1. The number of alkyl halides is 3. The molecule has 1 atom stereocenters. The van der Waals surface area contributed by atoms with Crippen molar-refractivity contribution in [3.63, 3.8) is 0 Å². The molecule has 0 radical (unpaired) electrons. The quantitative estimate of drug-likeness (QED) is 0.738. The highest BCUT2D eigenvalue weighted by Crippen LogP contribution is 2.43. The first kappa shape index (κ1) is 16.1. The van der Waals surface area contributed by atoms with Crippen LogP contribution in [-0.4, -0.2) is 34.2 Å². The summed E-state index contributed by atoms with van der Waals surface area (Å²) in [7, 11) is 0.845. The van der Waals surface area contributed by atoms with E-state index in [2.05, 4.69) is 10.3 Å². The number of para-hydroxylation sites is 1. The Morgan fingerprint density at radius 1 is 1.04 bits per heavy atom. The van der Waals surface area contributed by atoms with Gasteiger partial charge in [0, 0.05) is 12.7 Å². The molecule has 3 aromatic rings. The molecule has 1 heterocycles.